The average Bonchev–Trinajstić information content (AvgIpc) is 2.89. The highest BCUT2D eigenvalue weighted by Crippen LogP contribution is 2.22. The number of hydrogen-bond acceptors (Lipinski definition) is 5. The van der Waals surface area contributed by atoms with Crippen LogP contribution < -0.4 is 10.1 Å². The van der Waals surface area contributed by atoms with Crippen molar-refractivity contribution < 1.29 is 19.1 Å². The Morgan fingerprint density at radius 2 is 1.84 bits per heavy atom. The van der Waals surface area contributed by atoms with E-state index < -0.39 is 12.0 Å². The van der Waals surface area contributed by atoms with Crippen molar-refractivity contribution in [2.24, 2.45) is 0 Å². The van der Waals surface area contributed by atoms with E-state index in [1.165, 1.54) is 0 Å². The summed E-state index contributed by atoms with van der Waals surface area (Å²) in [6.07, 6.45) is 0. The zero-order valence-corrected chi connectivity index (χ0v) is 15.2. The number of hydrogen-bond donors (Lipinski definition) is 2. The average molecular weight is 344 g/mol. The molecular formula is C19H24N2O4. The molecule has 0 aliphatic rings. The third kappa shape index (κ3) is 4.02. The molecule has 2 N–H and O–H groups in total. The molecule has 0 aliphatic carbocycles. The summed E-state index contributed by atoms with van der Waals surface area (Å²) in [4.78, 5) is 27.9. The molecule has 25 heavy (non-hydrogen) atoms. The number of benzene rings is 1. The number of ether oxygens (including phenoxy) is 2. The number of H-pyrrole nitrogens is 1. The number of aromatic nitrogens is 1. The number of esters is 1. The van der Waals surface area contributed by atoms with E-state index in [1.54, 1.807) is 34.8 Å². The van der Waals surface area contributed by atoms with Gasteiger partial charge in [0.2, 0.25) is 5.78 Å². The van der Waals surface area contributed by atoms with E-state index in [1.807, 2.05) is 24.3 Å². The van der Waals surface area contributed by atoms with Crippen LogP contribution in [0.1, 0.15) is 46.0 Å². The fourth-order valence-electron chi connectivity index (χ4n) is 2.73. The number of methoxy groups -OCH3 is 1. The van der Waals surface area contributed by atoms with Gasteiger partial charge in [0.15, 0.2) is 0 Å². The van der Waals surface area contributed by atoms with Crippen molar-refractivity contribution in [2.75, 3.05) is 19.0 Å². The van der Waals surface area contributed by atoms with E-state index in [2.05, 4.69) is 10.3 Å². The quantitative estimate of drug-likeness (QED) is 0.593. The van der Waals surface area contributed by atoms with Crippen LogP contribution >= 0.6 is 0 Å². The molecule has 6 heteroatoms. The molecule has 1 aromatic carbocycles. The molecule has 0 bridgehead atoms. The first kappa shape index (κ1) is 18.6. The summed E-state index contributed by atoms with van der Waals surface area (Å²) < 4.78 is 10.2. The number of aromatic amines is 1. The molecule has 0 saturated heterocycles. The summed E-state index contributed by atoms with van der Waals surface area (Å²) in [5.41, 5.74) is 2.92. The summed E-state index contributed by atoms with van der Waals surface area (Å²) in [7, 11) is 1.60. The molecule has 0 saturated carbocycles. The minimum atomic E-state index is -0.458. The fraction of sp³-hybridized carbons (Fsp3) is 0.368. The van der Waals surface area contributed by atoms with E-state index in [0.29, 0.717) is 29.1 Å². The Morgan fingerprint density at radius 3 is 2.40 bits per heavy atom. The Balaban J connectivity index is 2.18. The second-order valence-corrected chi connectivity index (χ2v) is 5.80. The smallest absolute Gasteiger partial charge is 0.340 e. The number of anilines is 1. The van der Waals surface area contributed by atoms with Crippen molar-refractivity contribution >= 4 is 17.4 Å². The summed E-state index contributed by atoms with van der Waals surface area (Å²) in [6.45, 7) is 7.34. The normalized spacial score (nSPS) is 11.7. The van der Waals surface area contributed by atoms with Crippen LogP contribution in [0.3, 0.4) is 0 Å². The lowest BCUT2D eigenvalue weighted by Crippen LogP contribution is -2.27. The molecule has 0 aliphatic heterocycles. The van der Waals surface area contributed by atoms with Gasteiger partial charge < -0.3 is 19.8 Å². The van der Waals surface area contributed by atoms with Crippen molar-refractivity contribution in [1.82, 2.24) is 4.98 Å². The summed E-state index contributed by atoms with van der Waals surface area (Å²) in [5, 5.41) is 3.16. The highest BCUT2D eigenvalue weighted by molar-refractivity contribution is 6.04. The molecular weight excluding hydrogens is 320 g/mol. The van der Waals surface area contributed by atoms with E-state index in [0.717, 1.165) is 11.4 Å². The first-order valence-corrected chi connectivity index (χ1v) is 8.20. The maximum absolute atomic E-state index is 12.8. The van der Waals surface area contributed by atoms with Gasteiger partial charge in [-0.05, 0) is 57.5 Å². The van der Waals surface area contributed by atoms with Crippen LogP contribution in [0.5, 0.6) is 5.75 Å². The zero-order valence-electron chi connectivity index (χ0n) is 15.2. The molecule has 134 valence electrons. The third-order valence-corrected chi connectivity index (χ3v) is 4.03. The molecule has 2 aromatic rings. The van der Waals surface area contributed by atoms with Gasteiger partial charge in [0.1, 0.15) is 5.75 Å². The molecule has 2 rings (SSSR count). The van der Waals surface area contributed by atoms with E-state index in [9.17, 15) is 9.59 Å². The number of carbonyl (C=O) groups is 2. The van der Waals surface area contributed by atoms with Crippen molar-refractivity contribution in [3.05, 3.63) is 46.8 Å². The van der Waals surface area contributed by atoms with Crippen molar-refractivity contribution in [3.8, 4) is 5.75 Å². The SMILES string of the molecule is CCOC(=O)c1c(C)[nH]c(C(=O)[C@@H](C)Nc2ccc(OC)cc2)c1C. The van der Waals surface area contributed by atoms with Gasteiger partial charge in [-0.25, -0.2) is 4.79 Å². The lowest BCUT2D eigenvalue weighted by atomic mass is 10.0. The van der Waals surface area contributed by atoms with Crippen molar-refractivity contribution in [1.29, 1.82) is 0 Å². The summed E-state index contributed by atoms with van der Waals surface area (Å²) in [6, 6.07) is 6.88. The van der Waals surface area contributed by atoms with Gasteiger partial charge in [0, 0.05) is 11.4 Å². The van der Waals surface area contributed by atoms with Crippen molar-refractivity contribution in [2.45, 2.75) is 33.7 Å². The van der Waals surface area contributed by atoms with Gasteiger partial charge in [-0.3, -0.25) is 4.79 Å². The van der Waals surface area contributed by atoms with Crippen LogP contribution in [-0.2, 0) is 4.74 Å². The number of nitrogens with one attached hydrogen (secondary N) is 2. The number of carbonyl (C=O) groups excluding carboxylic acids is 2. The van der Waals surface area contributed by atoms with Crippen LogP contribution in [0.25, 0.3) is 0 Å². The van der Waals surface area contributed by atoms with Crippen LogP contribution in [-0.4, -0.2) is 36.5 Å². The Hall–Kier alpha value is -2.76. The first-order chi connectivity index (χ1) is 11.9. The van der Waals surface area contributed by atoms with Crippen LogP contribution in [0.2, 0.25) is 0 Å². The topological polar surface area (TPSA) is 80.4 Å². The third-order valence-electron chi connectivity index (χ3n) is 4.03. The zero-order chi connectivity index (χ0) is 18.6. The minimum Gasteiger partial charge on any atom is -0.497 e. The summed E-state index contributed by atoms with van der Waals surface area (Å²) in [5.74, 6) is 0.218. The molecule has 6 nitrogen and oxygen atoms in total. The molecule has 1 aromatic heterocycles. The van der Waals surface area contributed by atoms with Gasteiger partial charge in [-0.1, -0.05) is 0 Å². The van der Waals surface area contributed by atoms with E-state index >= 15 is 0 Å². The second-order valence-electron chi connectivity index (χ2n) is 5.80. The molecule has 0 unspecified atom stereocenters. The highest BCUT2D eigenvalue weighted by Gasteiger charge is 2.25. The van der Waals surface area contributed by atoms with Crippen LogP contribution in [0.15, 0.2) is 24.3 Å². The molecule has 0 amide bonds. The Bertz CT molecular complexity index is 762. The maximum atomic E-state index is 12.8. The van der Waals surface area contributed by atoms with Gasteiger partial charge in [-0.15, -0.1) is 0 Å². The molecule has 1 heterocycles. The molecule has 1 atom stereocenters. The maximum Gasteiger partial charge on any atom is 0.340 e. The Labute approximate surface area is 147 Å². The lowest BCUT2D eigenvalue weighted by Gasteiger charge is -2.14. The van der Waals surface area contributed by atoms with Gasteiger partial charge in [0.05, 0.1) is 31.0 Å². The van der Waals surface area contributed by atoms with Gasteiger partial charge in [-0.2, -0.15) is 0 Å². The Morgan fingerprint density at radius 1 is 1.20 bits per heavy atom. The van der Waals surface area contributed by atoms with Crippen LogP contribution in [0, 0.1) is 13.8 Å². The first-order valence-electron chi connectivity index (χ1n) is 8.20. The number of ketones is 1. The largest absolute Gasteiger partial charge is 0.497 e. The number of Topliss-reactive ketones (excluding diaryl/α,β-unsaturated/α-hetero) is 1. The summed E-state index contributed by atoms with van der Waals surface area (Å²) >= 11 is 0. The van der Waals surface area contributed by atoms with Gasteiger partial charge >= 0.3 is 5.97 Å². The minimum absolute atomic E-state index is 0.119. The van der Waals surface area contributed by atoms with Crippen molar-refractivity contribution in [3.63, 3.8) is 0 Å². The highest BCUT2D eigenvalue weighted by atomic mass is 16.5. The fourth-order valence-corrected chi connectivity index (χ4v) is 2.73. The van der Waals surface area contributed by atoms with Gasteiger partial charge in [0.25, 0.3) is 0 Å². The van der Waals surface area contributed by atoms with Crippen LogP contribution in [0.4, 0.5) is 5.69 Å². The molecule has 0 fully saturated rings. The van der Waals surface area contributed by atoms with E-state index in [-0.39, 0.29) is 5.78 Å². The second kappa shape index (κ2) is 7.88. The Kier molecular flexibility index (Phi) is 5.85. The standard InChI is InChI=1S/C19H24N2O4/c1-6-25-19(23)16-11(2)17(21-12(16)3)18(22)13(4)20-14-7-9-15(24-5)10-8-14/h7-10,13,20-21H,6H2,1-5H3/t13-/m1/s1. The lowest BCUT2D eigenvalue weighted by molar-refractivity contribution is 0.0525. The predicted octanol–water partition coefficient (Wildman–Crippen LogP) is 3.50. The number of rotatable bonds is 7. The monoisotopic (exact) mass is 344 g/mol. The number of aryl methyl sites for hydroxylation is 1. The van der Waals surface area contributed by atoms with E-state index in [4.69, 9.17) is 9.47 Å². The molecule has 0 spiro atoms. The molecule has 0 radical (unpaired) electrons. The predicted molar refractivity (Wildman–Crippen MR) is 96.6 cm³/mol.